The highest BCUT2D eigenvalue weighted by atomic mass is 16.5. The van der Waals surface area contributed by atoms with Gasteiger partial charge in [-0.1, -0.05) is 140 Å². The molecule has 0 bridgehead atoms. The number of benzene rings is 4. The van der Waals surface area contributed by atoms with Crippen LogP contribution in [0.5, 0.6) is 5.75 Å². The molecule has 6 atom stereocenters. The number of likely N-dealkylation sites (tertiary alicyclic amines) is 2. The van der Waals surface area contributed by atoms with Gasteiger partial charge in [0.1, 0.15) is 48.0 Å². The average Bonchev–Trinajstić information content (AvgIpc) is 2.86. The van der Waals surface area contributed by atoms with E-state index in [-0.39, 0.29) is 92.5 Å². The van der Waals surface area contributed by atoms with Crippen molar-refractivity contribution in [1.82, 2.24) is 40.5 Å². The molecule has 2 aromatic heterocycles. The second-order valence-corrected chi connectivity index (χ2v) is 25.9. The van der Waals surface area contributed by atoms with Gasteiger partial charge in [0.05, 0.1) is 24.5 Å². The predicted molar refractivity (Wildman–Crippen MR) is 315 cm³/mol. The van der Waals surface area contributed by atoms with Crippen LogP contribution in [0.4, 0.5) is 0 Å². The number of nitrogens with one attached hydrogen (secondary N) is 2. The molecule has 18 nitrogen and oxygen atoms in total. The maximum Gasteiger partial charge on any atom is 0.255 e. The largest absolute Gasteiger partial charge is 0.488 e. The van der Waals surface area contributed by atoms with Gasteiger partial charge >= 0.3 is 0 Å². The second-order valence-electron chi connectivity index (χ2n) is 25.9. The molecule has 6 unspecified atom stereocenters. The summed E-state index contributed by atoms with van der Waals surface area (Å²) in [5, 5.41) is 25.3. The SMILES string of the molecule is Cc1nocc1-c1ccc(CNC(=O)C2CC(Oc3ccc4c(c3)C(=O)N(C(C(=O)N3CC(O)CC3C(=O)NCc3ccc(-c5cnoc5C)cc3C(C)(C)C)C(C)C)C4)CN2C(=O)C(C(C)C)N2Cc3ccccc3C2=O)c(C(C)(C)C)c1. The number of fused-ring (bicyclic) bond motifs is 2. The molecule has 0 saturated carbocycles. The molecule has 6 amide bonds. The van der Waals surface area contributed by atoms with E-state index in [0.717, 1.165) is 55.8 Å². The number of amides is 6. The predicted octanol–water partition coefficient (Wildman–Crippen LogP) is 8.81. The first-order chi connectivity index (χ1) is 39.8. The lowest BCUT2D eigenvalue weighted by atomic mass is 9.82. The Labute approximate surface area is 491 Å². The molecule has 6 heterocycles. The lowest BCUT2D eigenvalue weighted by Crippen LogP contribution is -2.55. The third-order valence-corrected chi connectivity index (χ3v) is 17.1. The third kappa shape index (κ3) is 11.6. The van der Waals surface area contributed by atoms with Gasteiger partial charge < -0.3 is 49.1 Å². The quantitative estimate of drug-likeness (QED) is 0.0828. The Morgan fingerprint density at radius 2 is 1.20 bits per heavy atom. The van der Waals surface area contributed by atoms with Crippen LogP contribution in [0.3, 0.4) is 0 Å². The summed E-state index contributed by atoms with van der Waals surface area (Å²) in [4.78, 5) is 93.6. The summed E-state index contributed by atoms with van der Waals surface area (Å²) in [6.07, 6.45) is 1.84. The van der Waals surface area contributed by atoms with E-state index in [1.54, 1.807) is 46.5 Å². The van der Waals surface area contributed by atoms with Crippen molar-refractivity contribution < 1.29 is 47.7 Å². The van der Waals surface area contributed by atoms with Gasteiger partial charge in [0.25, 0.3) is 11.8 Å². The highest BCUT2D eigenvalue weighted by molar-refractivity contribution is 6.03. The minimum atomic E-state index is -0.972. The van der Waals surface area contributed by atoms with Gasteiger partial charge in [-0.05, 0) is 99.2 Å². The monoisotopic (exact) mass is 1140 g/mol. The summed E-state index contributed by atoms with van der Waals surface area (Å²) in [5.74, 6) is -1.84. The molecule has 3 N–H and O–H groups in total. The van der Waals surface area contributed by atoms with E-state index in [9.17, 15) is 29.1 Å². The number of carbonyl (C=O) groups excluding carboxylic acids is 6. The van der Waals surface area contributed by atoms with Crippen LogP contribution in [0.2, 0.25) is 0 Å². The van der Waals surface area contributed by atoms with Crippen molar-refractivity contribution in [3.8, 4) is 28.0 Å². The van der Waals surface area contributed by atoms with Crippen LogP contribution in [0.15, 0.2) is 100 Å². The maximum absolute atomic E-state index is 15.1. The summed E-state index contributed by atoms with van der Waals surface area (Å²) < 4.78 is 17.2. The molecule has 0 aliphatic carbocycles. The van der Waals surface area contributed by atoms with Crippen LogP contribution < -0.4 is 15.4 Å². The van der Waals surface area contributed by atoms with Gasteiger partial charge in [0, 0.05) is 67.8 Å². The Morgan fingerprint density at radius 1 is 0.667 bits per heavy atom. The molecule has 4 aromatic carbocycles. The van der Waals surface area contributed by atoms with Gasteiger partial charge in [-0.2, -0.15) is 0 Å². The number of hydrogen-bond donors (Lipinski definition) is 3. The molecule has 2 fully saturated rings. The van der Waals surface area contributed by atoms with E-state index in [0.29, 0.717) is 28.2 Å². The van der Waals surface area contributed by atoms with Gasteiger partial charge in [0.15, 0.2) is 0 Å². The molecule has 2 saturated heterocycles. The number of β-amino-alcohol motifs (C(OH)–C–C–N with tert-alkyl or cyclic N) is 1. The van der Waals surface area contributed by atoms with Gasteiger partial charge in [0.2, 0.25) is 23.6 Å². The Balaban J connectivity index is 0.856. The molecular weight excluding hydrogens is 1060 g/mol. The van der Waals surface area contributed by atoms with Gasteiger partial charge in [-0.3, -0.25) is 28.8 Å². The molecule has 6 aromatic rings. The minimum Gasteiger partial charge on any atom is -0.488 e. The van der Waals surface area contributed by atoms with E-state index in [4.69, 9.17) is 13.8 Å². The smallest absolute Gasteiger partial charge is 0.255 e. The molecule has 4 aliphatic rings. The van der Waals surface area contributed by atoms with Crippen LogP contribution in [-0.2, 0) is 56.2 Å². The van der Waals surface area contributed by atoms with Crippen LogP contribution in [-0.4, -0.2) is 120 Å². The van der Waals surface area contributed by atoms with Crippen LogP contribution in [0, 0.1) is 25.7 Å². The van der Waals surface area contributed by atoms with Crippen molar-refractivity contribution in [1.29, 1.82) is 0 Å². The van der Waals surface area contributed by atoms with Crippen molar-refractivity contribution in [2.45, 2.75) is 169 Å². The lowest BCUT2D eigenvalue weighted by molar-refractivity contribution is -0.143. The third-order valence-electron chi connectivity index (χ3n) is 17.1. The van der Waals surface area contributed by atoms with Gasteiger partial charge in [-0.25, -0.2) is 0 Å². The summed E-state index contributed by atoms with van der Waals surface area (Å²) in [7, 11) is 0. The summed E-state index contributed by atoms with van der Waals surface area (Å²) in [6, 6.07) is 20.8. The highest BCUT2D eigenvalue weighted by Crippen LogP contribution is 2.38. The number of carbonyl (C=O) groups is 6. The van der Waals surface area contributed by atoms with Crippen LogP contribution >= 0.6 is 0 Å². The summed E-state index contributed by atoms with van der Waals surface area (Å²) in [5.41, 5.74) is 10.1. The Kier molecular flexibility index (Phi) is 16.3. The van der Waals surface area contributed by atoms with Gasteiger partial charge in [-0.15, -0.1) is 0 Å². The summed E-state index contributed by atoms with van der Waals surface area (Å²) in [6.45, 7) is 24.6. The zero-order valence-corrected chi connectivity index (χ0v) is 50.2. The van der Waals surface area contributed by atoms with E-state index in [2.05, 4.69) is 74.6 Å². The van der Waals surface area contributed by atoms with Crippen molar-refractivity contribution in [3.63, 3.8) is 0 Å². The second kappa shape index (κ2) is 23.1. The average molecular weight is 1140 g/mol. The van der Waals surface area contributed by atoms with Crippen molar-refractivity contribution in [3.05, 3.63) is 147 Å². The number of hydrogen-bond acceptors (Lipinski definition) is 12. The summed E-state index contributed by atoms with van der Waals surface area (Å²) >= 11 is 0. The standard InChI is InChI=1S/C66H78N8O10/c1-36(2)57(63(80)71-33-46(75)25-55(71)59(76)67-28-42-19-17-40(23-53(42)65(7,8)9)51-30-69-84-39(51)6)74-32-45-21-22-47(26-50(45)62(74)79)83-48-27-56(72(34-48)64(81)58(37(3)4)73-31-44-15-13-14-16-49(44)61(73)78)60(77)68-29-43-20-18-41(24-54(43)66(10,11)12)52-35-82-70-38(52)5/h13-24,26,30,35-37,46,48,55-58,75H,25,27-29,31-34H2,1-12H3,(H,67,76)(H,68,77). The number of rotatable bonds is 16. The first-order valence-corrected chi connectivity index (χ1v) is 29.2. The number of aromatic nitrogens is 2. The van der Waals surface area contributed by atoms with Crippen molar-refractivity contribution in [2.75, 3.05) is 13.1 Å². The van der Waals surface area contributed by atoms with Crippen LogP contribution in [0.1, 0.15) is 148 Å². The molecule has 442 valence electrons. The fraction of sp³-hybridized carbons (Fsp3) is 0.455. The molecule has 0 spiro atoms. The zero-order chi connectivity index (χ0) is 60.3. The molecule has 10 rings (SSSR count). The Hall–Kier alpha value is -8.12. The topological polar surface area (TPSA) is 221 Å². The number of aryl methyl sites for hydroxylation is 2. The maximum atomic E-state index is 15.1. The number of ether oxygens (including phenoxy) is 1. The van der Waals surface area contributed by atoms with E-state index in [1.807, 2.05) is 84.0 Å². The normalized spacial score (nSPS) is 19.6. The number of nitrogens with zero attached hydrogens (tertiary/aromatic N) is 6. The van der Waals surface area contributed by atoms with Crippen molar-refractivity contribution >= 4 is 35.4 Å². The lowest BCUT2D eigenvalue weighted by Gasteiger charge is -2.35. The molecule has 0 radical (unpaired) electrons. The number of aliphatic hydroxyl groups excluding tert-OH is 1. The first kappa shape index (κ1) is 59.1. The van der Waals surface area contributed by atoms with E-state index >= 15 is 4.79 Å². The highest BCUT2D eigenvalue weighted by Gasteiger charge is 2.49. The zero-order valence-electron chi connectivity index (χ0n) is 50.2. The fourth-order valence-corrected chi connectivity index (χ4v) is 12.8. The Bertz CT molecular complexity index is 3530. The molecule has 18 heteroatoms. The molecule has 4 aliphatic heterocycles. The molecular formula is C66H78N8O10. The van der Waals surface area contributed by atoms with Crippen molar-refractivity contribution in [2.24, 2.45) is 11.8 Å². The van der Waals surface area contributed by atoms with E-state index in [1.165, 1.54) is 9.80 Å². The Morgan fingerprint density at radius 3 is 1.73 bits per heavy atom. The fourth-order valence-electron chi connectivity index (χ4n) is 12.8. The first-order valence-electron chi connectivity index (χ1n) is 29.2. The van der Waals surface area contributed by atoms with Crippen LogP contribution in [0.25, 0.3) is 22.3 Å². The minimum absolute atomic E-state index is 0.0282. The molecule has 84 heavy (non-hydrogen) atoms. The van der Waals surface area contributed by atoms with E-state index < -0.39 is 54.1 Å². The number of aliphatic hydroxyl groups is 1.